The Hall–Kier alpha value is -2.58. The summed E-state index contributed by atoms with van der Waals surface area (Å²) in [5.74, 6) is -1.43. The Kier molecular flexibility index (Phi) is 5.67. The van der Waals surface area contributed by atoms with Crippen LogP contribution in [0, 0.1) is 0 Å². The summed E-state index contributed by atoms with van der Waals surface area (Å²) in [7, 11) is -3.25. The second kappa shape index (κ2) is 7.98. The molecule has 0 aromatic heterocycles. The van der Waals surface area contributed by atoms with Crippen LogP contribution in [-0.2, 0) is 26.2 Å². The van der Waals surface area contributed by atoms with Gasteiger partial charge in [0.2, 0.25) is 10.0 Å². The average Bonchev–Trinajstić information content (AvgIpc) is 3.00. The van der Waals surface area contributed by atoms with Gasteiger partial charge in [0.1, 0.15) is 0 Å². The highest BCUT2D eigenvalue weighted by Gasteiger charge is 2.28. The fraction of sp³-hybridized carbons (Fsp3) is 0.222. The predicted octanol–water partition coefficient (Wildman–Crippen LogP) is 2.13. The van der Waals surface area contributed by atoms with E-state index in [9.17, 15) is 18.0 Å². The first-order valence-electron chi connectivity index (χ1n) is 8.29. The molecule has 0 spiro atoms. The maximum Gasteiger partial charge on any atom is 0.313 e. The van der Waals surface area contributed by atoms with Crippen LogP contribution < -0.4 is 14.9 Å². The number of hydrogen-bond acceptors (Lipinski definition) is 4. The quantitative estimate of drug-likeness (QED) is 0.759. The summed E-state index contributed by atoms with van der Waals surface area (Å²) >= 11 is 5.80. The lowest BCUT2D eigenvalue weighted by Crippen LogP contribution is -2.34. The highest BCUT2D eigenvalue weighted by molar-refractivity contribution is 7.93. The number of hydrogen-bond donors (Lipinski definition) is 2. The van der Waals surface area contributed by atoms with E-state index in [0.29, 0.717) is 29.4 Å². The number of nitrogens with zero attached hydrogens (tertiary/aromatic N) is 1. The van der Waals surface area contributed by atoms with Crippen LogP contribution >= 0.6 is 11.6 Å². The number of sulfonamides is 1. The fourth-order valence-electron chi connectivity index (χ4n) is 2.69. The Morgan fingerprint density at radius 3 is 2.26 bits per heavy atom. The second-order valence-corrected chi connectivity index (χ2v) is 8.50. The van der Waals surface area contributed by atoms with Crippen molar-refractivity contribution < 1.29 is 18.0 Å². The molecular formula is C18H18ClN3O4S. The van der Waals surface area contributed by atoms with Crippen LogP contribution in [0.25, 0.3) is 0 Å². The van der Waals surface area contributed by atoms with E-state index in [-0.39, 0.29) is 12.3 Å². The number of benzene rings is 2. The number of carbonyl (C=O) groups is 2. The summed E-state index contributed by atoms with van der Waals surface area (Å²) in [4.78, 5) is 23.9. The van der Waals surface area contributed by atoms with Crippen LogP contribution in [0.1, 0.15) is 12.0 Å². The van der Waals surface area contributed by atoms with E-state index in [1.54, 1.807) is 48.5 Å². The maximum atomic E-state index is 12.0. The molecule has 2 aromatic carbocycles. The van der Waals surface area contributed by atoms with Crippen molar-refractivity contribution in [2.75, 3.05) is 21.9 Å². The molecule has 1 aliphatic rings. The third kappa shape index (κ3) is 4.78. The number of amides is 2. The first-order valence-corrected chi connectivity index (χ1v) is 10.3. The molecule has 1 aliphatic heterocycles. The van der Waals surface area contributed by atoms with E-state index in [1.807, 2.05) is 0 Å². The number of anilines is 2. The van der Waals surface area contributed by atoms with Crippen molar-refractivity contribution in [3.63, 3.8) is 0 Å². The fourth-order valence-corrected chi connectivity index (χ4v) is 4.38. The van der Waals surface area contributed by atoms with Gasteiger partial charge in [-0.2, -0.15) is 0 Å². The van der Waals surface area contributed by atoms with Crippen molar-refractivity contribution in [3.8, 4) is 0 Å². The SMILES string of the molecule is O=C(NCc1ccc(Cl)cc1)C(=O)Nc1ccc(N2CCCS2(=O)=O)cc1. The normalized spacial score (nSPS) is 15.4. The van der Waals surface area contributed by atoms with Crippen LogP contribution in [0.3, 0.4) is 0 Å². The van der Waals surface area contributed by atoms with E-state index in [2.05, 4.69) is 10.6 Å². The maximum absolute atomic E-state index is 12.0. The van der Waals surface area contributed by atoms with Gasteiger partial charge >= 0.3 is 11.8 Å². The van der Waals surface area contributed by atoms with Crippen molar-refractivity contribution >= 4 is 44.8 Å². The zero-order valence-corrected chi connectivity index (χ0v) is 15.9. The molecule has 7 nitrogen and oxygen atoms in total. The van der Waals surface area contributed by atoms with Gasteiger partial charge in [-0.25, -0.2) is 8.42 Å². The van der Waals surface area contributed by atoms with Gasteiger partial charge in [-0.15, -0.1) is 0 Å². The largest absolute Gasteiger partial charge is 0.344 e. The summed E-state index contributed by atoms with van der Waals surface area (Å²) in [5, 5.41) is 5.60. The van der Waals surface area contributed by atoms with E-state index in [0.717, 1.165) is 5.56 Å². The Bertz CT molecular complexity index is 944. The van der Waals surface area contributed by atoms with Crippen LogP contribution in [0.2, 0.25) is 5.02 Å². The molecule has 2 amide bonds. The first-order chi connectivity index (χ1) is 12.8. The monoisotopic (exact) mass is 407 g/mol. The molecule has 2 N–H and O–H groups in total. The van der Waals surface area contributed by atoms with Crippen molar-refractivity contribution in [2.24, 2.45) is 0 Å². The highest BCUT2D eigenvalue weighted by Crippen LogP contribution is 2.25. The van der Waals surface area contributed by atoms with Gasteiger partial charge in [0, 0.05) is 23.8 Å². The van der Waals surface area contributed by atoms with Gasteiger partial charge in [0.15, 0.2) is 0 Å². The van der Waals surface area contributed by atoms with Gasteiger partial charge in [-0.3, -0.25) is 13.9 Å². The lowest BCUT2D eigenvalue weighted by Gasteiger charge is -2.17. The molecule has 0 atom stereocenters. The third-order valence-corrected chi connectivity index (χ3v) is 6.21. The second-order valence-electron chi connectivity index (χ2n) is 6.05. The molecule has 9 heteroatoms. The van der Waals surface area contributed by atoms with Gasteiger partial charge < -0.3 is 10.6 Å². The first kappa shape index (κ1) is 19.2. The zero-order chi connectivity index (χ0) is 19.4. The molecule has 0 aliphatic carbocycles. The molecule has 0 saturated carbocycles. The third-order valence-electron chi connectivity index (χ3n) is 4.08. The predicted molar refractivity (Wildman–Crippen MR) is 104 cm³/mol. The molecule has 0 radical (unpaired) electrons. The summed E-state index contributed by atoms with van der Waals surface area (Å²) in [6.45, 7) is 0.649. The van der Waals surface area contributed by atoms with Crippen LogP contribution in [0.15, 0.2) is 48.5 Å². The van der Waals surface area contributed by atoms with Gasteiger partial charge in [-0.1, -0.05) is 23.7 Å². The summed E-state index contributed by atoms with van der Waals surface area (Å²) in [6, 6.07) is 13.2. The Morgan fingerprint density at radius 1 is 1.00 bits per heavy atom. The lowest BCUT2D eigenvalue weighted by atomic mass is 10.2. The molecule has 1 saturated heterocycles. The van der Waals surface area contributed by atoms with E-state index in [1.165, 1.54) is 4.31 Å². The number of nitrogens with one attached hydrogen (secondary N) is 2. The van der Waals surface area contributed by atoms with Crippen molar-refractivity contribution in [3.05, 3.63) is 59.1 Å². The molecule has 3 rings (SSSR count). The van der Waals surface area contributed by atoms with Crippen LogP contribution in [0.4, 0.5) is 11.4 Å². The molecule has 1 fully saturated rings. The summed E-state index contributed by atoms with van der Waals surface area (Å²) in [6.07, 6.45) is 0.592. The summed E-state index contributed by atoms with van der Waals surface area (Å²) < 4.78 is 25.2. The standard InChI is InChI=1S/C18H18ClN3O4S/c19-14-4-2-13(3-5-14)12-20-17(23)18(24)21-15-6-8-16(9-7-15)22-10-1-11-27(22,25)26/h2-9H,1,10-12H2,(H,20,23)(H,21,24). The lowest BCUT2D eigenvalue weighted by molar-refractivity contribution is -0.136. The highest BCUT2D eigenvalue weighted by atomic mass is 35.5. The molecule has 1 heterocycles. The Labute approximate surface area is 162 Å². The van der Waals surface area contributed by atoms with E-state index < -0.39 is 21.8 Å². The molecule has 0 unspecified atom stereocenters. The molecule has 27 heavy (non-hydrogen) atoms. The zero-order valence-electron chi connectivity index (χ0n) is 14.3. The van der Waals surface area contributed by atoms with Crippen LogP contribution in [-0.4, -0.2) is 32.5 Å². The minimum atomic E-state index is -3.25. The smallest absolute Gasteiger partial charge is 0.313 e. The van der Waals surface area contributed by atoms with Gasteiger partial charge in [0.05, 0.1) is 11.4 Å². The number of carbonyl (C=O) groups excluding carboxylic acids is 2. The van der Waals surface area contributed by atoms with Crippen molar-refractivity contribution in [2.45, 2.75) is 13.0 Å². The Morgan fingerprint density at radius 2 is 1.67 bits per heavy atom. The molecular weight excluding hydrogens is 390 g/mol. The van der Waals surface area contributed by atoms with E-state index in [4.69, 9.17) is 11.6 Å². The van der Waals surface area contributed by atoms with Gasteiger partial charge in [0.25, 0.3) is 0 Å². The average molecular weight is 408 g/mol. The molecule has 2 aromatic rings. The van der Waals surface area contributed by atoms with Crippen molar-refractivity contribution in [1.29, 1.82) is 0 Å². The Balaban J connectivity index is 1.55. The summed E-state index contributed by atoms with van der Waals surface area (Å²) in [5.41, 5.74) is 1.76. The number of rotatable bonds is 4. The number of halogens is 1. The minimum Gasteiger partial charge on any atom is -0.344 e. The molecule has 142 valence electrons. The minimum absolute atomic E-state index is 0.138. The van der Waals surface area contributed by atoms with Gasteiger partial charge in [-0.05, 0) is 48.4 Å². The topological polar surface area (TPSA) is 95.6 Å². The van der Waals surface area contributed by atoms with E-state index >= 15 is 0 Å². The molecule has 0 bridgehead atoms. The van der Waals surface area contributed by atoms with Crippen molar-refractivity contribution in [1.82, 2.24) is 5.32 Å². The van der Waals surface area contributed by atoms with Crippen LogP contribution in [0.5, 0.6) is 0 Å².